The van der Waals surface area contributed by atoms with E-state index >= 15 is 0 Å². The monoisotopic (exact) mass is 274 g/mol. The number of hydrogen-bond donors (Lipinski definition) is 2. The molecular weight excluding hydrogens is 256 g/mol. The molecule has 1 aliphatic heterocycles. The summed E-state index contributed by atoms with van der Waals surface area (Å²) >= 11 is 0. The first-order chi connectivity index (χ1) is 9.56. The number of benzene rings is 1. The van der Waals surface area contributed by atoms with Gasteiger partial charge in [0.15, 0.2) is 0 Å². The molecule has 2 fully saturated rings. The average Bonchev–Trinajstić information content (AvgIpc) is 3.21. The van der Waals surface area contributed by atoms with Gasteiger partial charge in [0, 0.05) is 24.7 Å². The number of hydrogen-bond acceptors (Lipinski definition) is 3. The summed E-state index contributed by atoms with van der Waals surface area (Å²) in [5.74, 6) is -0.0601. The molecule has 5 nitrogen and oxygen atoms in total. The van der Waals surface area contributed by atoms with Crippen LogP contribution in [0.2, 0.25) is 0 Å². The molecule has 20 heavy (non-hydrogen) atoms. The third-order valence-corrected chi connectivity index (χ3v) is 4.28. The molecule has 2 unspecified atom stereocenters. The molecule has 1 aliphatic carbocycles. The van der Waals surface area contributed by atoms with Crippen LogP contribution >= 0.6 is 0 Å². The van der Waals surface area contributed by atoms with Gasteiger partial charge in [0.05, 0.1) is 5.56 Å². The van der Waals surface area contributed by atoms with Crippen molar-refractivity contribution >= 4 is 11.9 Å². The van der Waals surface area contributed by atoms with Gasteiger partial charge in [-0.2, -0.15) is 0 Å². The van der Waals surface area contributed by atoms with Gasteiger partial charge in [0.2, 0.25) is 0 Å². The molecule has 0 aromatic heterocycles. The van der Waals surface area contributed by atoms with Gasteiger partial charge in [0.25, 0.3) is 5.91 Å². The van der Waals surface area contributed by atoms with E-state index < -0.39 is 5.97 Å². The Morgan fingerprint density at radius 3 is 2.55 bits per heavy atom. The highest BCUT2D eigenvalue weighted by Gasteiger charge is 2.42. The molecule has 2 aliphatic rings. The van der Waals surface area contributed by atoms with Crippen molar-refractivity contribution in [2.75, 3.05) is 13.1 Å². The van der Waals surface area contributed by atoms with Crippen molar-refractivity contribution in [2.45, 2.75) is 18.9 Å². The third-order valence-electron chi connectivity index (χ3n) is 4.28. The zero-order valence-corrected chi connectivity index (χ0v) is 11.2. The molecular formula is C15H18N2O3. The second-order valence-electron chi connectivity index (χ2n) is 5.76. The highest BCUT2D eigenvalue weighted by Crippen LogP contribution is 2.41. The van der Waals surface area contributed by atoms with Gasteiger partial charge in [-0.15, -0.1) is 0 Å². The summed E-state index contributed by atoms with van der Waals surface area (Å²) in [7, 11) is 0. The molecule has 3 rings (SSSR count). The number of carboxylic acids is 1. The SMILES string of the molecule is NC1CN(C(=O)c2cccc(C(=O)O)c2)CC1C1CC1. The quantitative estimate of drug-likeness (QED) is 0.867. The predicted octanol–water partition coefficient (Wildman–Crippen LogP) is 1.19. The minimum absolute atomic E-state index is 0.0501. The Balaban J connectivity index is 1.76. The molecule has 0 spiro atoms. The molecule has 1 amide bonds. The fourth-order valence-corrected chi connectivity index (χ4v) is 3.01. The molecule has 1 aromatic rings. The Morgan fingerprint density at radius 2 is 1.90 bits per heavy atom. The number of amides is 1. The number of nitrogens with zero attached hydrogens (tertiary/aromatic N) is 1. The van der Waals surface area contributed by atoms with Crippen LogP contribution in [0.25, 0.3) is 0 Å². The number of nitrogens with two attached hydrogens (primary N) is 1. The molecule has 3 N–H and O–H groups in total. The van der Waals surface area contributed by atoms with Crippen LogP contribution in [0.4, 0.5) is 0 Å². The lowest BCUT2D eigenvalue weighted by Gasteiger charge is -2.16. The van der Waals surface area contributed by atoms with Crippen LogP contribution in [0, 0.1) is 11.8 Å². The van der Waals surface area contributed by atoms with E-state index in [0.29, 0.717) is 30.5 Å². The van der Waals surface area contributed by atoms with Crippen LogP contribution in [0.3, 0.4) is 0 Å². The molecule has 2 atom stereocenters. The van der Waals surface area contributed by atoms with Crippen LogP contribution in [0.1, 0.15) is 33.6 Å². The lowest BCUT2D eigenvalue weighted by atomic mass is 9.99. The predicted molar refractivity (Wildman–Crippen MR) is 73.5 cm³/mol. The minimum Gasteiger partial charge on any atom is -0.478 e. The summed E-state index contributed by atoms with van der Waals surface area (Å²) in [5.41, 5.74) is 6.68. The van der Waals surface area contributed by atoms with Gasteiger partial charge in [-0.3, -0.25) is 4.79 Å². The molecule has 0 radical (unpaired) electrons. The smallest absolute Gasteiger partial charge is 0.335 e. The van der Waals surface area contributed by atoms with Crippen molar-refractivity contribution in [1.29, 1.82) is 0 Å². The van der Waals surface area contributed by atoms with Crippen molar-refractivity contribution in [1.82, 2.24) is 4.90 Å². The van der Waals surface area contributed by atoms with Gasteiger partial charge in [0.1, 0.15) is 0 Å². The van der Waals surface area contributed by atoms with E-state index in [-0.39, 0.29) is 17.5 Å². The van der Waals surface area contributed by atoms with Gasteiger partial charge in [-0.1, -0.05) is 6.07 Å². The first-order valence-corrected chi connectivity index (χ1v) is 6.94. The Morgan fingerprint density at radius 1 is 1.20 bits per heavy atom. The topological polar surface area (TPSA) is 83.6 Å². The van der Waals surface area contributed by atoms with E-state index in [4.69, 9.17) is 10.8 Å². The van der Waals surface area contributed by atoms with Gasteiger partial charge in [-0.05, 0) is 42.9 Å². The maximum absolute atomic E-state index is 12.4. The molecule has 1 saturated carbocycles. The fraction of sp³-hybridized carbons (Fsp3) is 0.467. The van der Waals surface area contributed by atoms with E-state index in [1.807, 2.05) is 0 Å². The molecule has 1 aromatic carbocycles. The Kier molecular flexibility index (Phi) is 3.22. The van der Waals surface area contributed by atoms with Crippen LogP contribution in [-0.4, -0.2) is 41.0 Å². The summed E-state index contributed by atoms with van der Waals surface area (Å²) in [6.45, 7) is 1.26. The Hall–Kier alpha value is -1.88. The first-order valence-electron chi connectivity index (χ1n) is 6.94. The number of carbonyl (C=O) groups excluding carboxylic acids is 1. The Labute approximate surface area is 117 Å². The van der Waals surface area contributed by atoms with Gasteiger partial charge in [-0.25, -0.2) is 4.79 Å². The Bertz CT molecular complexity index is 554. The maximum atomic E-state index is 12.4. The molecule has 0 bridgehead atoms. The number of carboxylic acid groups (broad SMARTS) is 1. The number of carbonyl (C=O) groups is 2. The van der Waals surface area contributed by atoms with Crippen molar-refractivity contribution in [3.05, 3.63) is 35.4 Å². The van der Waals surface area contributed by atoms with E-state index in [9.17, 15) is 9.59 Å². The van der Waals surface area contributed by atoms with Gasteiger partial charge < -0.3 is 15.7 Å². The number of aromatic carboxylic acids is 1. The van der Waals surface area contributed by atoms with E-state index in [2.05, 4.69) is 0 Å². The standard InChI is InChI=1S/C15H18N2O3/c16-13-8-17(7-12(13)9-4-5-9)14(18)10-2-1-3-11(6-10)15(19)20/h1-3,6,9,12-13H,4-5,7-8,16H2,(H,19,20). The second kappa shape index (κ2) is 4.90. The van der Waals surface area contributed by atoms with E-state index in [1.54, 1.807) is 17.0 Å². The normalized spacial score (nSPS) is 25.8. The van der Waals surface area contributed by atoms with Crippen molar-refractivity contribution in [2.24, 2.45) is 17.6 Å². The fourth-order valence-electron chi connectivity index (χ4n) is 3.01. The van der Waals surface area contributed by atoms with E-state index in [1.165, 1.54) is 25.0 Å². The summed E-state index contributed by atoms with van der Waals surface area (Å²) in [6.07, 6.45) is 2.43. The number of rotatable bonds is 3. The van der Waals surface area contributed by atoms with Crippen molar-refractivity contribution in [3.8, 4) is 0 Å². The van der Waals surface area contributed by atoms with Crippen molar-refractivity contribution < 1.29 is 14.7 Å². The number of likely N-dealkylation sites (tertiary alicyclic amines) is 1. The highest BCUT2D eigenvalue weighted by molar-refractivity contribution is 5.97. The van der Waals surface area contributed by atoms with Crippen molar-refractivity contribution in [3.63, 3.8) is 0 Å². The average molecular weight is 274 g/mol. The molecule has 1 heterocycles. The highest BCUT2D eigenvalue weighted by atomic mass is 16.4. The summed E-state index contributed by atoms with van der Waals surface area (Å²) in [4.78, 5) is 25.1. The van der Waals surface area contributed by atoms with Gasteiger partial charge >= 0.3 is 5.97 Å². The zero-order valence-electron chi connectivity index (χ0n) is 11.2. The molecule has 1 saturated heterocycles. The second-order valence-corrected chi connectivity index (χ2v) is 5.76. The lowest BCUT2D eigenvalue weighted by molar-refractivity contribution is 0.0697. The summed E-state index contributed by atoms with van der Waals surface area (Å²) in [6, 6.07) is 6.23. The van der Waals surface area contributed by atoms with E-state index in [0.717, 1.165) is 0 Å². The van der Waals surface area contributed by atoms with Crippen LogP contribution in [0.15, 0.2) is 24.3 Å². The third kappa shape index (κ3) is 2.41. The molecule has 5 heteroatoms. The molecule has 106 valence electrons. The first kappa shape index (κ1) is 13.1. The minimum atomic E-state index is -1.02. The summed E-state index contributed by atoms with van der Waals surface area (Å²) in [5, 5.41) is 8.98. The van der Waals surface area contributed by atoms with Crippen LogP contribution in [-0.2, 0) is 0 Å². The summed E-state index contributed by atoms with van der Waals surface area (Å²) < 4.78 is 0. The van der Waals surface area contributed by atoms with Crippen LogP contribution < -0.4 is 5.73 Å². The van der Waals surface area contributed by atoms with Crippen LogP contribution in [0.5, 0.6) is 0 Å². The largest absolute Gasteiger partial charge is 0.478 e. The zero-order chi connectivity index (χ0) is 14.3. The maximum Gasteiger partial charge on any atom is 0.335 e. The lowest BCUT2D eigenvalue weighted by Crippen LogP contribution is -2.32.